The summed E-state index contributed by atoms with van der Waals surface area (Å²) in [6.07, 6.45) is 3.20. The van der Waals surface area contributed by atoms with Crippen LogP contribution < -0.4 is 5.32 Å². The maximum absolute atomic E-state index is 10.7. The molecule has 0 atom stereocenters. The van der Waals surface area contributed by atoms with Gasteiger partial charge in [-0.15, -0.1) is 0 Å². The van der Waals surface area contributed by atoms with Gasteiger partial charge >= 0.3 is 0 Å². The van der Waals surface area contributed by atoms with E-state index in [0.717, 1.165) is 0 Å². The van der Waals surface area contributed by atoms with E-state index >= 15 is 0 Å². The van der Waals surface area contributed by atoms with Crippen LogP contribution in [0.1, 0.15) is 0 Å². The maximum Gasteiger partial charge on any atom is 0.262 e. The highest BCUT2D eigenvalue weighted by Gasteiger charge is 2.15. The molecule has 1 fully saturated rings. The fourth-order valence-corrected chi connectivity index (χ4v) is 0.739. The fraction of sp³-hybridized carbons (Fsp3) is 0.125. The van der Waals surface area contributed by atoms with Crippen LogP contribution >= 0.6 is 0 Å². The molecule has 0 saturated carbocycles. The SMILES string of the molecule is C=C/C=C1/NC(=O)COC1=C. The molecule has 1 saturated heterocycles. The maximum atomic E-state index is 10.7. The Kier molecular flexibility index (Phi) is 2.11. The zero-order valence-corrected chi connectivity index (χ0v) is 6.09. The first kappa shape index (κ1) is 7.60. The molecule has 0 aliphatic carbocycles. The van der Waals surface area contributed by atoms with Gasteiger partial charge in [-0.2, -0.15) is 0 Å². The largest absolute Gasteiger partial charge is 0.482 e. The first-order chi connectivity index (χ1) is 5.24. The molecule has 11 heavy (non-hydrogen) atoms. The molecule has 0 aromatic rings. The third-order valence-electron chi connectivity index (χ3n) is 1.24. The average molecular weight is 151 g/mol. The van der Waals surface area contributed by atoms with E-state index in [1.54, 1.807) is 12.2 Å². The van der Waals surface area contributed by atoms with Gasteiger partial charge in [0.25, 0.3) is 5.91 Å². The quantitative estimate of drug-likeness (QED) is 0.599. The summed E-state index contributed by atoms with van der Waals surface area (Å²) >= 11 is 0. The fourth-order valence-electron chi connectivity index (χ4n) is 0.739. The lowest BCUT2D eigenvalue weighted by Crippen LogP contribution is -2.33. The van der Waals surface area contributed by atoms with Crippen molar-refractivity contribution >= 4 is 5.91 Å². The predicted molar refractivity (Wildman–Crippen MR) is 41.5 cm³/mol. The van der Waals surface area contributed by atoms with Crippen molar-refractivity contribution in [1.29, 1.82) is 0 Å². The molecule has 1 rings (SSSR count). The van der Waals surface area contributed by atoms with Gasteiger partial charge in [0.2, 0.25) is 0 Å². The van der Waals surface area contributed by atoms with Gasteiger partial charge in [0, 0.05) is 0 Å². The first-order valence-electron chi connectivity index (χ1n) is 3.18. The zero-order valence-electron chi connectivity index (χ0n) is 6.09. The van der Waals surface area contributed by atoms with E-state index in [9.17, 15) is 4.79 Å². The minimum absolute atomic E-state index is 0.0489. The molecule has 1 aliphatic heterocycles. The Morgan fingerprint density at radius 1 is 1.64 bits per heavy atom. The number of allylic oxidation sites excluding steroid dienone is 2. The highest BCUT2D eigenvalue weighted by Crippen LogP contribution is 2.10. The van der Waals surface area contributed by atoms with Crippen LogP contribution in [-0.2, 0) is 9.53 Å². The van der Waals surface area contributed by atoms with Crippen molar-refractivity contribution in [3.05, 3.63) is 36.8 Å². The molecule has 1 heterocycles. The second-order valence-electron chi connectivity index (χ2n) is 2.08. The number of nitrogens with one attached hydrogen (secondary N) is 1. The van der Waals surface area contributed by atoms with Gasteiger partial charge in [-0.1, -0.05) is 19.2 Å². The summed E-state index contributed by atoms with van der Waals surface area (Å²) in [7, 11) is 0. The molecule has 3 heteroatoms. The lowest BCUT2D eigenvalue weighted by molar-refractivity contribution is -0.125. The monoisotopic (exact) mass is 151 g/mol. The number of hydrogen-bond donors (Lipinski definition) is 1. The topological polar surface area (TPSA) is 38.3 Å². The molecule has 58 valence electrons. The number of morpholine rings is 1. The summed E-state index contributed by atoms with van der Waals surface area (Å²) in [5.41, 5.74) is 0.580. The molecule has 0 spiro atoms. The van der Waals surface area contributed by atoms with Gasteiger partial charge in [-0.05, 0) is 6.08 Å². The Morgan fingerprint density at radius 2 is 2.36 bits per heavy atom. The molecule has 3 nitrogen and oxygen atoms in total. The van der Waals surface area contributed by atoms with Crippen molar-refractivity contribution in [2.24, 2.45) is 0 Å². The molecule has 1 N–H and O–H groups in total. The van der Waals surface area contributed by atoms with Crippen LogP contribution in [0.3, 0.4) is 0 Å². The van der Waals surface area contributed by atoms with Gasteiger partial charge in [0.1, 0.15) is 5.76 Å². The van der Waals surface area contributed by atoms with Crippen LogP contribution in [-0.4, -0.2) is 12.5 Å². The van der Waals surface area contributed by atoms with Crippen LogP contribution in [0, 0.1) is 0 Å². The minimum Gasteiger partial charge on any atom is -0.482 e. The third kappa shape index (κ3) is 1.70. The van der Waals surface area contributed by atoms with E-state index in [-0.39, 0.29) is 12.5 Å². The standard InChI is InChI=1S/C8H9NO2/c1-3-4-7-6(2)11-5-8(10)9-7/h3-4H,1-2,5H2,(H,9,10)/b7-4+. The van der Waals surface area contributed by atoms with E-state index in [1.165, 1.54) is 0 Å². The molecule has 0 bridgehead atoms. The van der Waals surface area contributed by atoms with Crippen molar-refractivity contribution in [3.8, 4) is 0 Å². The highest BCUT2D eigenvalue weighted by atomic mass is 16.5. The lowest BCUT2D eigenvalue weighted by Gasteiger charge is -2.18. The zero-order chi connectivity index (χ0) is 8.27. The number of hydrogen-bond acceptors (Lipinski definition) is 2. The van der Waals surface area contributed by atoms with Crippen molar-refractivity contribution in [2.45, 2.75) is 0 Å². The van der Waals surface area contributed by atoms with Gasteiger partial charge in [0.15, 0.2) is 6.61 Å². The molecule has 0 unspecified atom stereocenters. The van der Waals surface area contributed by atoms with Crippen LogP contribution in [0.25, 0.3) is 0 Å². The van der Waals surface area contributed by atoms with Crippen molar-refractivity contribution in [1.82, 2.24) is 5.32 Å². The first-order valence-corrected chi connectivity index (χ1v) is 3.18. The van der Waals surface area contributed by atoms with Gasteiger partial charge in [0.05, 0.1) is 5.70 Å². The summed E-state index contributed by atoms with van der Waals surface area (Å²) < 4.78 is 4.93. The second kappa shape index (κ2) is 3.05. The lowest BCUT2D eigenvalue weighted by atomic mass is 10.3. The normalized spacial score (nSPS) is 20.9. The second-order valence-corrected chi connectivity index (χ2v) is 2.08. The van der Waals surface area contributed by atoms with Gasteiger partial charge in [-0.3, -0.25) is 4.79 Å². The molecular formula is C8H9NO2. The smallest absolute Gasteiger partial charge is 0.262 e. The molecule has 0 aromatic heterocycles. The minimum atomic E-state index is -0.162. The third-order valence-corrected chi connectivity index (χ3v) is 1.24. The van der Waals surface area contributed by atoms with Crippen molar-refractivity contribution < 1.29 is 9.53 Å². The van der Waals surface area contributed by atoms with E-state index in [2.05, 4.69) is 18.5 Å². The van der Waals surface area contributed by atoms with Crippen LogP contribution in [0.2, 0.25) is 0 Å². The van der Waals surface area contributed by atoms with E-state index in [4.69, 9.17) is 4.74 Å². The number of carbonyl (C=O) groups excluding carboxylic acids is 1. The molecule has 1 aliphatic rings. The van der Waals surface area contributed by atoms with Crippen LogP contribution in [0.5, 0.6) is 0 Å². The van der Waals surface area contributed by atoms with E-state index in [0.29, 0.717) is 11.5 Å². The number of carbonyl (C=O) groups is 1. The predicted octanol–water partition coefficient (Wildman–Crippen LogP) is 0.716. The van der Waals surface area contributed by atoms with Gasteiger partial charge in [-0.25, -0.2) is 0 Å². The Morgan fingerprint density at radius 3 is 3.00 bits per heavy atom. The van der Waals surface area contributed by atoms with Crippen LogP contribution in [0.4, 0.5) is 0 Å². The van der Waals surface area contributed by atoms with Crippen molar-refractivity contribution in [3.63, 3.8) is 0 Å². The average Bonchev–Trinajstić information content (AvgIpc) is 1.98. The molecule has 0 radical (unpaired) electrons. The van der Waals surface area contributed by atoms with E-state index < -0.39 is 0 Å². The molecule has 1 amide bonds. The summed E-state index contributed by atoms with van der Waals surface area (Å²) in [6.45, 7) is 7.13. The number of rotatable bonds is 1. The van der Waals surface area contributed by atoms with Gasteiger partial charge < -0.3 is 10.1 Å². The molecule has 0 aromatic carbocycles. The highest BCUT2D eigenvalue weighted by molar-refractivity contribution is 5.81. The summed E-state index contributed by atoms with van der Waals surface area (Å²) in [4.78, 5) is 10.7. The Bertz CT molecular complexity index is 240. The summed E-state index contributed by atoms with van der Waals surface area (Å²) in [6, 6.07) is 0. The number of amides is 1. The Balaban J connectivity index is 2.76. The van der Waals surface area contributed by atoms with E-state index in [1.807, 2.05) is 0 Å². The summed E-state index contributed by atoms with van der Waals surface area (Å²) in [5.74, 6) is 0.315. The number of ether oxygens (including phenoxy) is 1. The van der Waals surface area contributed by atoms with Crippen LogP contribution in [0.15, 0.2) is 36.8 Å². The summed E-state index contributed by atoms with van der Waals surface area (Å²) in [5, 5.41) is 2.59. The molecular weight excluding hydrogens is 142 g/mol. The Hall–Kier alpha value is -1.51. The Labute approximate surface area is 65.0 Å². The van der Waals surface area contributed by atoms with Crippen molar-refractivity contribution in [2.75, 3.05) is 6.61 Å².